The number of carbonyl (C=O) groups is 1. The van der Waals surface area contributed by atoms with Gasteiger partial charge in [0.25, 0.3) is 5.91 Å². The molecular weight excluding hydrogens is 453 g/mol. The van der Waals surface area contributed by atoms with Gasteiger partial charge in [-0.2, -0.15) is 13.2 Å². The molecule has 0 unspecified atom stereocenters. The number of alkyl halides is 3. The third-order valence-electron chi connectivity index (χ3n) is 5.81. The Hall–Kier alpha value is -3.19. The van der Waals surface area contributed by atoms with Crippen LogP contribution in [0.3, 0.4) is 0 Å². The van der Waals surface area contributed by atoms with Crippen LogP contribution in [0.2, 0.25) is 0 Å². The molecule has 2 aliphatic heterocycles. The zero-order valence-corrected chi connectivity index (χ0v) is 18.7. The molecule has 1 amide bonds. The van der Waals surface area contributed by atoms with Gasteiger partial charge in [-0.1, -0.05) is 42.5 Å². The Morgan fingerprint density at radius 2 is 2.03 bits per heavy atom. The lowest BCUT2D eigenvalue weighted by atomic mass is 9.99. The number of hydrogen-bond acceptors (Lipinski definition) is 3. The second kappa shape index (κ2) is 8.98. The lowest BCUT2D eigenvalue weighted by Crippen LogP contribution is -2.36. The van der Waals surface area contributed by atoms with Gasteiger partial charge in [0.15, 0.2) is 0 Å². The molecule has 3 heterocycles. The number of rotatable bonds is 4. The van der Waals surface area contributed by atoms with E-state index in [1.165, 1.54) is 36.8 Å². The van der Waals surface area contributed by atoms with E-state index in [9.17, 15) is 18.0 Å². The molecule has 172 valence electrons. The summed E-state index contributed by atoms with van der Waals surface area (Å²) in [6.45, 7) is 6.01. The highest BCUT2D eigenvalue weighted by Gasteiger charge is 2.40. The molecule has 0 atom stereocenters. The van der Waals surface area contributed by atoms with Crippen LogP contribution in [-0.4, -0.2) is 35.0 Å². The molecule has 0 saturated carbocycles. The fourth-order valence-electron chi connectivity index (χ4n) is 3.95. The Morgan fingerprint density at radius 1 is 1.24 bits per heavy atom. The second-order valence-electron chi connectivity index (χ2n) is 7.91. The van der Waals surface area contributed by atoms with E-state index in [1.54, 1.807) is 11.0 Å². The highest BCUT2D eigenvalue weighted by atomic mass is 35.5. The summed E-state index contributed by atoms with van der Waals surface area (Å²) >= 11 is 6.49. The first-order chi connectivity index (χ1) is 15.7. The van der Waals surface area contributed by atoms with Crippen LogP contribution >= 0.6 is 11.6 Å². The first-order valence-corrected chi connectivity index (χ1v) is 10.8. The number of carbonyl (C=O) groups excluding carboxylic acids is 1. The maximum absolute atomic E-state index is 13.7. The number of hydrogen-bond donors (Lipinski definition) is 0. The van der Waals surface area contributed by atoms with Crippen LogP contribution in [0.1, 0.15) is 25.3 Å². The van der Waals surface area contributed by atoms with Crippen molar-refractivity contribution in [3.8, 4) is 0 Å². The molecule has 0 fully saturated rings. The van der Waals surface area contributed by atoms with Crippen LogP contribution in [0, 0.1) is 0 Å². The first kappa shape index (κ1) is 23.0. The summed E-state index contributed by atoms with van der Waals surface area (Å²) in [4.78, 5) is 15.8. The molecule has 8 heteroatoms. The Balaban J connectivity index is 1.61. The van der Waals surface area contributed by atoms with Gasteiger partial charge in [-0.05, 0) is 43.1 Å². The van der Waals surface area contributed by atoms with Crippen molar-refractivity contribution in [3.05, 3.63) is 100 Å². The van der Waals surface area contributed by atoms with Crippen molar-refractivity contribution in [2.45, 2.75) is 25.9 Å². The summed E-state index contributed by atoms with van der Waals surface area (Å²) < 4.78 is 46.1. The molecule has 3 aliphatic rings. The number of allylic oxidation sites excluding steroid dienone is 7. The fourth-order valence-corrected chi connectivity index (χ4v) is 4.18. The summed E-state index contributed by atoms with van der Waals surface area (Å²) in [5.41, 5.74) is 1.91. The highest BCUT2D eigenvalue weighted by molar-refractivity contribution is 6.31. The van der Waals surface area contributed by atoms with Gasteiger partial charge in [-0.15, -0.1) is 0 Å². The quantitative estimate of drug-likeness (QED) is 0.371. The van der Waals surface area contributed by atoms with Crippen LogP contribution in [-0.2, 0) is 4.79 Å². The van der Waals surface area contributed by atoms with Crippen molar-refractivity contribution < 1.29 is 22.4 Å². The van der Waals surface area contributed by atoms with Gasteiger partial charge in [0, 0.05) is 36.0 Å². The number of nitrogens with zero attached hydrogens (tertiary/aromatic N) is 2. The third kappa shape index (κ3) is 4.64. The molecule has 0 saturated heterocycles. The maximum Gasteiger partial charge on any atom is 0.418 e. The molecule has 1 aromatic heterocycles. The lowest BCUT2D eigenvalue weighted by molar-refractivity contribution is -0.126. The molecular formula is C25H22ClF3N2O2. The van der Waals surface area contributed by atoms with E-state index >= 15 is 0 Å². The van der Waals surface area contributed by atoms with Gasteiger partial charge in [0.05, 0.1) is 23.8 Å². The van der Waals surface area contributed by atoms with E-state index in [-0.39, 0.29) is 27.9 Å². The molecule has 4 rings (SSSR count). The van der Waals surface area contributed by atoms with Crippen LogP contribution < -0.4 is 0 Å². The van der Waals surface area contributed by atoms with E-state index in [1.807, 2.05) is 6.08 Å². The van der Waals surface area contributed by atoms with Gasteiger partial charge in [-0.25, -0.2) is 0 Å². The average Bonchev–Trinajstić information content (AvgIpc) is 3.51. The molecule has 1 aliphatic carbocycles. The second-order valence-corrected chi connectivity index (χ2v) is 8.27. The maximum atomic E-state index is 13.7. The number of halogens is 4. The van der Waals surface area contributed by atoms with Crippen LogP contribution in [0.4, 0.5) is 13.2 Å². The first-order valence-electron chi connectivity index (χ1n) is 10.4. The van der Waals surface area contributed by atoms with Gasteiger partial charge >= 0.3 is 6.18 Å². The van der Waals surface area contributed by atoms with E-state index in [4.69, 9.17) is 16.0 Å². The minimum atomic E-state index is -4.65. The summed E-state index contributed by atoms with van der Waals surface area (Å²) in [6, 6.07) is 1.55. The largest absolute Gasteiger partial charge is 0.472 e. The van der Waals surface area contributed by atoms with E-state index in [0.717, 1.165) is 17.4 Å². The van der Waals surface area contributed by atoms with Crippen molar-refractivity contribution in [1.82, 2.24) is 9.80 Å². The van der Waals surface area contributed by atoms with Gasteiger partial charge in [0.1, 0.15) is 5.16 Å². The standard InChI is InChI=1S/C25H22ClF3N2O2/c1-16(24(32)30-10-7-19(8-11-30)18-5-3-4-6-18)23(26)31-14-21(20-9-12-33-15-20)13-22(17(31)2)25(27,28)29/h3,5-7,9,12-15H,2,4,8,10-11H2,1H3/b23-16+. The van der Waals surface area contributed by atoms with Crippen LogP contribution in [0.25, 0.3) is 5.57 Å². The van der Waals surface area contributed by atoms with Crippen molar-refractivity contribution in [3.63, 3.8) is 0 Å². The molecule has 0 aromatic carbocycles. The van der Waals surface area contributed by atoms with Gasteiger partial charge in [-0.3, -0.25) is 4.79 Å². The summed E-state index contributed by atoms with van der Waals surface area (Å²) in [5, 5.41) is -0.128. The summed E-state index contributed by atoms with van der Waals surface area (Å²) in [6.07, 6.45) is 10.4. The normalized spacial score (nSPS) is 19.7. The summed E-state index contributed by atoms with van der Waals surface area (Å²) in [5.74, 6) is -0.333. The van der Waals surface area contributed by atoms with Crippen molar-refractivity contribution >= 4 is 23.1 Å². The third-order valence-corrected chi connectivity index (χ3v) is 6.28. The minimum Gasteiger partial charge on any atom is -0.472 e. The average molecular weight is 475 g/mol. The van der Waals surface area contributed by atoms with Crippen LogP contribution in [0.5, 0.6) is 0 Å². The number of furan rings is 1. The Morgan fingerprint density at radius 3 is 2.61 bits per heavy atom. The highest BCUT2D eigenvalue weighted by Crippen LogP contribution is 2.41. The predicted molar refractivity (Wildman–Crippen MR) is 121 cm³/mol. The van der Waals surface area contributed by atoms with Gasteiger partial charge in [0.2, 0.25) is 0 Å². The fraction of sp³-hybridized carbons (Fsp3) is 0.240. The topological polar surface area (TPSA) is 36.7 Å². The molecule has 0 radical (unpaired) electrons. The zero-order chi connectivity index (χ0) is 23.8. The van der Waals surface area contributed by atoms with Gasteiger partial charge < -0.3 is 14.2 Å². The Bertz CT molecular complexity index is 1160. The molecule has 0 bridgehead atoms. The Labute approximate surface area is 195 Å². The molecule has 4 nitrogen and oxygen atoms in total. The van der Waals surface area contributed by atoms with Crippen molar-refractivity contribution in [2.24, 2.45) is 0 Å². The molecule has 33 heavy (non-hydrogen) atoms. The monoisotopic (exact) mass is 474 g/mol. The summed E-state index contributed by atoms with van der Waals surface area (Å²) in [7, 11) is 0. The zero-order valence-electron chi connectivity index (χ0n) is 18.0. The predicted octanol–water partition coefficient (Wildman–Crippen LogP) is 6.45. The van der Waals surface area contributed by atoms with E-state index in [2.05, 4.69) is 24.8 Å². The minimum absolute atomic E-state index is 0.128. The molecule has 0 spiro atoms. The van der Waals surface area contributed by atoms with Crippen molar-refractivity contribution in [2.75, 3.05) is 13.1 Å². The van der Waals surface area contributed by atoms with E-state index < -0.39 is 11.7 Å². The molecule has 0 N–H and O–H groups in total. The van der Waals surface area contributed by atoms with Crippen LogP contribution in [0.15, 0.2) is 99.3 Å². The number of amides is 1. The SMILES string of the molecule is C=C1C(C(F)(F)F)=CC(c2ccoc2)=CN1/C(Cl)=C(\C)C(=O)N1CC=C(C2=CCC=C2)CC1. The van der Waals surface area contributed by atoms with E-state index in [0.29, 0.717) is 25.1 Å². The van der Waals surface area contributed by atoms with Crippen molar-refractivity contribution in [1.29, 1.82) is 0 Å². The smallest absolute Gasteiger partial charge is 0.418 e. The molecule has 1 aromatic rings. The lowest BCUT2D eigenvalue weighted by Gasteiger charge is -2.32. The Kier molecular flexibility index (Phi) is 6.26.